The molecule has 1 heterocycles. The van der Waals surface area contributed by atoms with Gasteiger partial charge in [0.05, 0.1) is 5.75 Å². The monoisotopic (exact) mass is 450 g/mol. The Balaban J connectivity index is 1.72. The van der Waals surface area contributed by atoms with Crippen LogP contribution in [-0.2, 0) is 16.1 Å². The van der Waals surface area contributed by atoms with Crippen LogP contribution in [0, 0.1) is 0 Å². The van der Waals surface area contributed by atoms with Crippen LogP contribution in [0.1, 0.15) is 6.42 Å². The molecule has 1 amide bonds. The minimum absolute atomic E-state index is 0.142. The highest BCUT2D eigenvalue weighted by Crippen LogP contribution is 2.26. The van der Waals surface area contributed by atoms with Gasteiger partial charge in [0.25, 0.3) is 0 Å². The molecule has 3 aromatic rings. The highest BCUT2D eigenvalue weighted by Gasteiger charge is 2.16. The van der Waals surface area contributed by atoms with E-state index in [1.165, 1.54) is 11.8 Å². The molecule has 0 saturated heterocycles. The van der Waals surface area contributed by atoms with Crippen LogP contribution in [0.5, 0.6) is 0 Å². The summed E-state index contributed by atoms with van der Waals surface area (Å²) >= 11 is 13.3. The van der Waals surface area contributed by atoms with E-state index in [-0.39, 0.29) is 11.7 Å². The molecule has 9 heteroatoms. The first-order valence-electron chi connectivity index (χ1n) is 8.93. The summed E-state index contributed by atoms with van der Waals surface area (Å²) in [7, 11) is 1.67. The number of ether oxygens (including phenoxy) is 1. The normalized spacial score (nSPS) is 10.9. The van der Waals surface area contributed by atoms with E-state index in [4.69, 9.17) is 27.9 Å². The maximum atomic E-state index is 12.3. The van der Waals surface area contributed by atoms with Gasteiger partial charge in [-0.05, 0) is 48.9 Å². The molecule has 0 atom stereocenters. The Morgan fingerprint density at radius 2 is 1.93 bits per heavy atom. The molecule has 0 saturated carbocycles. The molecule has 2 aromatic carbocycles. The van der Waals surface area contributed by atoms with Gasteiger partial charge in [0.2, 0.25) is 5.91 Å². The molecular formula is C20H20Cl2N4O2S. The first-order valence-corrected chi connectivity index (χ1v) is 10.7. The van der Waals surface area contributed by atoms with Gasteiger partial charge in [0.15, 0.2) is 11.0 Å². The van der Waals surface area contributed by atoms with Crippen molar-refractivity contribution in [1.29, 1.82) is 0 Å². The zero-order chi connectivity index (χ0) is 20.6. The van der Waals surface area contributed by atoms with E-state index in [1.54, 1.807) is 31.4 Å². The van der Waals surface area contributed by atoms with Crippen molar-refractivity contribution in [2.24, 2.45) is 0 Å². The number of anilines is 1. The second-order valence-corrected chi connectivity index (χ2v) is 7.97. The van der Waals surface area contributed by atoms with Crippen LogP contribution >= 0.6 is 35.0 Å². The Labute approximate surface area is 183 Å². The highest BCUT2D eigenvalue weighted by molar-refractivity contribution is 7.99. The molecule has 6 nitrogen and oxygen atoms in total. The van der Waals surface area contributed by atoms with Crippen molar-refractivity contribution in [3.63, 3.8) is 0 Å². The van der Waals surface area contributed by atoms with Gasteiger partial charge in [-0.2, -0.15) is 0 Å². The third kappa shape index (κ3) is 6.21. The van der Waals surface area contributed by atoms with E-state index in [1.807, 2.05) is 28.8 Å². The molecule has 1 N–H and O–H groups in total. The fourth-order valence-corrected chi connectivity index (χ4v) is 3.75. The number of benzene rings is 2. The lowest BCUT2D eigenvalue weighted by atomic mass is 10.2. The Morgan fingerprint density at radius 1 is 1.14 bits per heavy atom. The number of thioether (sulfide) groups is 1. The van der Waals surface area contributed by atoms with Gasteiger partial charge in [-0.15, -0.1) is 10.2 Å². The zero-order valence-corrected chi connectivity index (χ0v) is 18.1. The van der Waals surface area contributed by atoms with E-state index >= 15 is 0 Å². The molecular weight excluding hydrogens is 431 g/mol. The van der Waals surface area contributed by atoms with Crippen molar-refractivity contribution < 1.29 is 9.53 Å². The Bertz CT molecular complexity index is 963. The molecule has 152 valence electrons. The van der Waals surface area contributed by atoms with Crippen LogP contribution in [0.15, 0.2) is 53.7 Å². The van der Waals surface area contributed by atoms with Gasteiger partial charge in [0.1, 0.15) is 0 Å². The molecule has 0 aliphatic rings. The first kappa shape index (κ1) is 21.6. The minimum Gasteiger partial charge on any atom is -0.385 e. The van der Waals surface area contributed by atoms with E-state index in [0.717, 1.165) is 17.8 Å². The van der Waals surface area contributed by atoms with Crippen molar-refractivity contribution in [2.45, 2.75) is 18.1 Å². The summed E-state index contributed by atoms with van der Waals surface area (Å²) in [5.74, 6) is 0.794. The van der Waals surface area contributed by atoms with E-state index in [2.05, 4.69) is 15.5 Å². The summed E-state index contributed by atoms with van der Waals surface area (Å²) in [6.07, 6.45) is 0.803. The number of nitrogens with zero attached hydrogens (tertiary/aromatic N) is 3. The van der Waals surface area contributed by atoms with E-state index < -0.39 is 0 Å². The van der Waals surface area contributed by atoms with Gasteiger partial charge in [-0.25, -0.2) is 0 Å². The molecule has 0 bridgehead atoms. The minimum atomic E-state index is -0.142. The predicted molar refractivity (Wildman–Crippen MR) is 118 cm³/mol. The largest absolute Gasteiger partial charge is 0.385 e. The summed E-state index contributed by atoms with van der Waals surface area (Å²) in [4.78, 5) is 12.3. The molecule has 3 rings (SSSR count). The molecule has 0 aliphatic heterocycles. The maximum Gasteiger partial charge on any atom is 0.234 e. The molecule has 1 aromatic heterocycles. The number of carbonyl (C=O) groups is 1. The number of amides is 1. The lowest BCUT2D eigenvalue weighted by molar-refractivity contribution is -0.113. The van der Waals surface area contributed by atoms with Crippen molar-refractivity contribution in [1.82, 2.24) is 14.8 Å². The second-order valence-electron chi connectivity index (χ2n) is 6.16. The lowest BCUT2D eigenvalue weighted by Gasteiger charge is -2.10. The fraction of sp³-hybridized carbons (Fsp3) is 0.250. The van der Waals surface area contributed by atoms with Crippen LogP contribution in [0.4, 0.5) is 5.69 Å². The highest BCUT2D eigenvalue weighted by atomic mass is 35.5. The van der Waals surface area contributed by atoms with Gasteiger partial charge in [-0.3, -0.25) is 4.79 Å². The molecule has 0 unspecified atom stereocenters. The van der Waals surface area contributed by atoms with Gasteiger partial charge in [-0.1, -0.05) is 41.0 Å². The SMILES string of the molecule is COCCCn1c(SCC(=O)Nc2cccc(Cl)c2)nnc1-c1ccc(Cl)cc1. The van der Waals surface area contributed by atoms with Crippen LogP contribution < -0.4 is 5.32 Å². The van der Waals surface area contributed by atoms with E-state index in [0.29, 0.717) is 34.0 Å². The Morgan fingerprint density at radius 3 is 2.66 bits per heavy atom. The summed E-state index contributed by atoms with van der Waals surface area (Å²) in [6, 6.07) is 14.5. The number of hydrogen-bond donors (Lipinski definition) is 1. The van der Waals surface area contributed by atoms with Crippen molar-refractivity contribution in [3.8, 4) is 11.4 Å². The number of aromatic nitrogens is 3. The summed E-state index contributed by atoms with van der Waals surface area (Å²) in [5.41, 5.74) is 1.57. The fourth-order valence-electron chi connectivity index (χ4n) is 2.67. The van der Waals surface area contributed by atoms with E-state index in [9.17, 15) is 4.79 Å². The molecule has 0 radical (unpaired) electrons. The third-order valence-corrected chi connectivity index (χ3v) is 5.44. The summed E-state index contributed by atoms with van der Waals surface area (Å²) < 4.78 is 7.16. The third-order valence-electron chi connectivity index (χ3n) is 3.99. The topological polar surface area (TPSA) is 69.0 Å². The first-order chi connectivity index (χ1) is 14.1. The molecule has 29 heavy (non-hydrogen) atoms. The van der Waals surface area contributed by atoms with Crippen LogP contribution in [-0.4, -0.2) is 40.1 Å². The number of nitrogens with one attached hydrogen (secondary N) is 1. The molecule has 0 aliphatic carbocycles. The van der Waals surface area contributed by atoms with Crippen molar-refractivity contribution >= 4 is 46.6 Å². The standard InChI is InChI=1S/C20H20Cl2N4O2S/c1-28-11-3-10-26-19(14-6-8-15(21)9-7-14)24-25-20(26)29-13-18(27)23-17-5-2-4-16(22)12-17/h2,4-9,12H,3,10-11,13H2,1H3,(H,23,27). The summed E-state index contributed by atoms with van der Waals surface area (Å²) in [6.45, 7) is 1.30. The Hall–Kier alpha value is -2.06. The van der Waals surface area contributed by atoms with Gasteiger partial charge in [0, 0.05) is 41.6 Å². The average molecular weight is 451 g/mol. The summed E-state index contributed by atoms with van der Waals surface area (Å²) in [5, 5.41) is 13.4. The second kappa shape index (κ2) is 10.6. The number of carbonyl (C=O) groups excluding carboxylic acids is 1. The maximum absolute atomic E-state index is 12.3. The number of methoxy groups -OCH3 is 1. The van der Waals surface area contributed by atoms with Crippen molar-refractivity contribution in [2.75, 3.05) is 24.8 Å². The zero-order valence-electron chi connectivity index (χ0n) is 15.8. The molecule has 0 fully saturated rings. The smallest absolute Gasteiger partial charge is 0.234 e. The average Bonchev–Trinajstić information content (AvgIpc) is 3.10. The Kier molecular flexibility index (Phi) is 7.94. The number of hydrogen-bond acceptors (Lipinski definition) is 5. The molecule has 0 spiro atoms. The van der Waals surface area contributed by atoms with Crippen molar-refractivity contribution in [3.05, 3.63) is 58.6 Å². The van der Waals surface area contributed by atoms with Crippen LogP contribution in [0.3, 0.4) is 0 Å². The predicted octanol–water partition coefficient (Wildman–Crippen LogP) is 5.02. The van der Waals surface area contributed by atoms with Gasteiger partial charge >= 0.3 is 0 Å². The quantitative estimate of drug-likeness (QED) is 0.366. The number of rotatable bonds is 9. The van der Waals surface area contributed by atoms with Crippen LogP contribution in [0.2, 0.25) is 10.0 Å². The number of halogens is 2. The lowest BCUT2D eigenvalue weighted by Crippen LogP contribution is -2.14. The van der Waals surface area contributed by atoms with Crippen LogP contribution in [0.25, 0.3) is 11.4 Å². The van der Waals surface area contributed by atoms with Gasteiger partial charge < -0.3 is 14.6 Å².